The number of amides is 3. The number of aromatic hydroxyl groups is 1. The number of aryl methyl sites for hydroxylation is 1. The average Bonchev–Trinajstić information content (AvgIpc) is 3.24. The summed E-state index contributed by atoms with van der Waals surface area (Å²) in [4.78, 5) is 43.8. The van der Waals surface area contributed by atoms with E-state index in [9.17, 15) is 24.6 Å². The van der Waals surface area contributed by atoms with E-state index in [0.717, 1.165) is 43.9 Å². The number of phenols is 1. The molecule has 0 aliphatic carbocycles. The fourth-order valence-corrected chi connectivity index (χ4v) is 7.62. The van der Waals surface area contributed by atoms with Gasteiger partial charge in [0.2, 0.25) is 0 Å². The molecule has 0 fully saturated rings. The minimum atomic E-state index is -0.899. The van der Waals surface area contributed by atoms with Gasteiger partial charge in [-0.1, -0.05) is 35.7 Å². The number of ether oxygens (including phenoxy) is 2. The molecule has 3 amide bonds. The second-order valence-corrected chi connectivity index (χ2v) is 15.1. The highest BCUT2D eigenvalue weighted by Gasteiger charge is 2.25. The number of carbonyl (C=O) groups excluding carboxylic acids is 3. The Bertz CT molecular complexity index is 2660. The Morgan fingerprint density at radius 1 is 1.02 bits per heavy atom. The van der Waals surface area contributed by atoms with Gasteiger partial charge in [-0.15, -0.1) is 0 Å². The lowest BCUT2D eigenvalue weighted by molar-refractivity contribution is -0.118. The zero-order valence-corrected chi connectivity index (χ0v) is 33.6. The summed E-state index contributed by atoms with van der Waals surface area (Å²) in [5.74, 6) is 5.89. The minimum Gasteiger partial charge on any atom is -0.506 e. The van der Waals surface area contributed by atoms with Crippen LogP contribution in [0.1, 0.15) is 56.4 Å². The van der Waals surface area contributed by atoms with E-state index >= 15 is 0 Å². The summed E-state index contributed by atoms with van der Waals surface area (Å²) >= 11 is 1.48. The molecule has 1 aromatic heterocycles. The first-order valence-electron chi connectivity index (χ1n) is 19.1. The van der Waals surface area contributed by atoms with E-state index in [0.29, 0.717) is 41.2 Å². The lowest BCUT2D eigenvalue weighted by atomic mass is 10.1. The summed E-state index contributed by atoms with van der Waals surface area (Å²) in [5, 5.41) is 33.6. The molecule has 6 aromatic rings. The second kappa shape index (κ2) is 18.7. The van der Waals surface area contributed by atoms with Gasteiger partial charge in [0.1, 0.15) is 17.2 Å². The Balaban J connectivity index is 0.930. The molecular formula is C46H42N6O7S. The van der Waals surface area contributed by atoms with Gasteiger partial charge in [-0.2, -0.15) is 0 Å². The first-order chi connectivity index (χ1) is 29.1. The molecule has 1 aliphatic rings. The molecule has 1 unspecified atom stereocenters. The highest BCUT2D eigenvalue weighted by atomic mass is 32.2. The molecule has 2 heterocycles. The Hall–Kier alpha value is -7.05. The predicted octanol–water partition coefficient (Wildman–Crippen LogP) is 7.29. The number of primary amides is 1. The van der Waals surface area contributed by atoms with Crippen molar-refractivity contribution in [3.05, 3.63) is 131 Å². The third-order valence-electron chi connectivity index (χ3n) is 9.58. The van der Waals surface area contributed by atoms with Crippen molar-refractivity contribution in [3.63, 3.8) is 0 Å². The van der Waals surface area contributed by atoms with Gasteiger partial charge in [0, 0.05) is 68.5 Å². The summed E-state index contributed by atoms with van der Waals surface area (Å²) in [6, 6.07) is 29.0. The lowest BCUT2D eigenvalue weighted by Crippen LogP contribution is -2.28. The number of carbonyl (C=O) groups is 3. The van der Waals surface area contributed by atoms with Gasteiger partial charge in [-0.3, -0.25) is 19.4 Å². The van der Waals surface area contributed by atoms with E-state index in [-0.39, 0.29) is 47.7 Å². The highest BCUT2D eigenvalue weighted by molar-refractivity contribution is 7.99. The molecule has 7 rings (SSSR count). The van der Waals surface area contributed by atoms with Gasteiger partial charge in [0.15, 0.2) is 12.4 Å². The van der Waals surface area contributed by atoms with Crippen LogP contribution in [-0.4, -0.2) is 59.7 Å². The van der Waals surface area contributed by atoms with E-state index in [4.69, 9.17) is 15.2 Å². The molecule has 1 atom stereocenters. The van der Waals surface area contributed by atoms with Crippen molar-refractivity contribution in [3.8, 4) is 29.1 Å². The number of hydrogen-bond acceptors (Lipinski definition) is 11. The number of nitrogens with two attached hydrogens (primary N) is 1. The predicted molar refractivity (Wildman–Crippen MR) is 232 cm³/mol. The maximum absolute atomic E-state index is 13.3. The Kier molecular flexibility index (Phi) is 12.8. The molecule has 304 valence electrons. The maximum atomic E-state index is 13.3. The molecule has 8 N–H and O–H groups in total. The third-order valence-corrected chi connectivity index (χ3v) is 10.5. The molecule has 14 heteroatoms. The van der Waals surface area contributed by atoms with Crippen molar-refractivity contribution < 1.29 is 34.1 Å². The van der Waals surface area contributed by atoms with Gasteiger partial charge in [0.05, 0.1) is 30.0 Å². The van der Waals surface area contributed by atoms with Crippen molar-refractivity contribution in [2.45, 2.75) is 35.7 Å². The van der Waals surface area contributed by atoms with E-state index < -0.39 is 12.0 Å². The first kappa shape index (κ1) is 41.1. The number of aliphatic hydroxyl groups excluding tert-OH is 1. The number of hydrogen-bond donors (Lipinski definition) is 7. The van der Waals surface area contributed by atoms with Crippen molar-refractivity contribution in [1.82, 2.24) is 10.3 Å². The van der Waals surface area contributed by atoms with Crippen molar-refractivity contribution >= 4 is 63.1 Å². The molecule has 1 aliphatic heterocycles. The highest BCUT2D eigenvalue weighted by Crippen LogP contribution is 2.41. The standard InChI is InChI=1S/C46H42N6O7S/c1-27-20-34(23-36-41(27)49-24-37(45(47)56)42(36)50-31-10-7-11-32(22-31)58-2)60-33-12-6-9-29(21-33)46(57)51-30-15-13-28(14-16-30)8-4-3-5-19-48-25-39(54)35-17-18-38(53)43-44(35)59-26-40(55)52-43/h6-7,9-18,20-24,39,48,53-54H,3,5,19,25-26H2,1-2H3,(H2,47,56)(H,49,50)(H,51,57)(H,52,55). The first-order valence-corrected chi connectivity index (χ1v) is 19.9. The van der Waals surface area contributed by atoms with Gasteiger partial charge in [-0.05, 0) is 104 Å². The van der Waals surface area contributed by atoms with Gasteiger partial charge >= 0.3 is 0 Å². The summed E-state index contributed by atoms with van der Waals surface area (Å²) in [6.45, 7) is 2.65. The number of unbranched alkanes of at least 4 members (excludes halogenated alkanes) is 1. The number of nitrogens with one attached hydrogen (secondary N) is 4. The fraction of sp³-hybridized carbons (Fsp3) is 0.174. The number of aliphatic hydroxyl groups is 1. The normalized spacial score (nSPS) is 12.3. The molecule has 13 nitrogen and oxygen atoms in total. The van der Waals surface area contributed by atoms with E-state index in [1.165, 1.54) is 24.0 Å². The number of benzene rings is 5. The van der Waals surface area contributed by atoms with Gasteiger partial charge in [-0.25, -0.2) is 0 Å². The minimum absolute atomic E-state index is 0.122. The molecule has 0 radical (unpaired) electrons. The Morgan fingerprint density at radius 2 is 1.83 bits per heavy atom. The van der Waals surface area contributed by atoms with Crippen LogP contribution in [0.3, 0.4) is 0 Å². The Labute approximate surface area is 350 Å². The van der Waals surface area contributed by atoms with Crippen LogP contribution in [0.15, 0.2) is 113 Å². The molecule has 60 heavy (non-hydrogen) atoms. The number of methoxy groups -OCH3 is 1. The van der Waals surface area contributed by atoms with E-state index in [2.05, 4.69) is 38.1 Å². The number of anilines is 4. The van der Waals surface area contributed by atoms with Crippen LogP contribution < -0.4 is 36.5 Å². The van der Waals surface area contributed by atoms with Crippen molar-refractivity contribution in [1.29, 1.82) is 0 Å². The van der Waals surface area contributed by atoms with Crippen LogP contribution >= 0.6 is 11.8 Å². The molecular weight excluding hydrogens is 781 g/mol. The van der Waals surface area contributed by atoms with Crippen molar-refractivity contribution in [2.24, 2.45) is 5.73 Å². The number of fused-ring (bicyclic) bond motifs is 2. The van der Waals surface area contributed by atoms with Crippen molar-refractivity contribution in [2.75, 3.05) is 42.8 Å². The lowest BCUT2D eigenvalue weighted by Gasteiger charge is -2.23. The van der Waals surface area contributed by atoms with E-state index in [1.807, 2.05) is 85.8 Å². The van der Waals surface area contributed by atoms with Crippen LogP contribution in [-0.2, 0) is 4.79 Å². The molecule has 0 saturated carbocycles. The van der Waals surface area contributed by atoms with Crippen LogP contribution in [0.25, 0.3) is 10.9 Å². The quantitative estimate of drug-likeness (QED) is 0.0331. The summed E-state index contributed by atoms with van der Waals surface area (Å²) in [5.41, 5.74) is 11.5. The molecule has 0 spiro atoms. The number of rotatable bonds is 14. The van der Waals surface area contributed by atoms with Crippen LogP contribution in [0.4, 0.5) is 22.7 Å². The SMILES string of the molecule is COc1cccc(Nc2c(C(N)=O)cnc3c(C)cc(Sc4cccc(C(=O)Nc5ccc(C#CCCCNCC(O)c6ccc(O)c7c6OCC(=O)N7)cc5)c4)cc23)c1. The van der Waals surface area contributed by atoms with Crippen LogP contribution in [0.2, 0.25) is 0 Å². The molecule has 5 aromatic carbocycles. The summed E-state index contributed by atoms with van der Waals surface area (Å²) in [7, 11) is 1.59. The maximum Gasteiger partial charge on any atom is 0.262 e. The zero-order chi connectivity index (χ0) is 42.2. The monoisotopic (exact) mass is 822 g/mol. The number of nitrogens with zero attached hydrogens (tertiary/aromatic N) is 1. The second-order valence-electron chi connectivity index (χ2n) is 13.9. The summed E-state index contributed by atoms with van der Waals surface area (Å²) < 4.78 is 10.8. The van der Waals surface area contributed by atoms with Gasteiger partial charge in [0.25, 0.3) is 17.7 Å². The summed E-state index contributed by atoms with van der Waals surface area (Å²) in [6.07, 6.45) is 1.97. The largest absolute Gasteiger partial charge is 0.506 e. The molecule has 0 bridgehead atoms. The number of pyridine rings is 1. The Morgan fingerprint density at radius 3 is 2.63 bits per heavy atom. The van der Waals surface area contributed by atoms with Crippen LogP contribution in [0, 0.1) is 18.8 Å². The van der Waals surface area contributed by atoms with E-state index in [1.54, 1.807) is 19.2 Å². The average molecular weight is 823 g/mol. The topological polar surface area (TPSA) is 197 Å². The molecule has 0 saturated heterocycles. The fourth-order valence-electron chi connectivity index (χ4n) is 6.61. The number of phenolic OH excluding ortho intramolecular Hbond substituents is 1. The third kappa shape index (κ3) is 9.79. The zero-order valence-electron chi connectivity index (χ0n) is 32.8. The van der Waals surface area contributed by atoms with Gasteiger partial charge < -0.3 is 46.7 Å². The van der Waals surface area contributed by atoms with Crippen LogP contribution in [0.5, 0.6) is 17.2 Å². The number of aromatic nitrogens is 1. The smallest absolute Gasteiger partial charge is 0.262 e.